The molecule has 0 saturated carbocycles. The summed E-state index contributed by atoms with van der Waals surface area (Å²) >= 11 is 5.98. The van der Waals surface area contributed by atoms with Gasteiger partial charge in [-0.2, -0.15) is 0 Å². The minimum Gasteiger partial charge on any atom is -0.504 e. The van der Waals surface area contributed by atoms with Crippen LogP contribution in [0.1, 0.15) is 18.4 Å². The largest absolute Gasteiger partial charge is 0.504 e. The van der Waals surface area contributed by atoms with Gasteiger partial charge in [-0.1, -0.05) is 41.9 Å². The van der Waals surface area contributed by atoms with Crippen LogP contribution in [-0.2, 0) is 16.6 Å². The van der Waals surface area contributed by atoms with Crippen molar-refractivity contribution in [2.75, 3.05) is 24.5 Å². The second kappa shape index (κ2) is 10.0. The number of nitrogens with zero attached hydrogens (tertiary/aromatic N) is 2. The fraction of sp³-hybridized carbons (Fsp3) is 0.280. The highest BCUT2D eigenvalue weighted by atomic mass is 35.5. The third-order valence-corrected chi connectivity index (χ3v) is 8.11. The van der Waals surface area contributed by atoms with Crippen LogP contribution >= 0.6 is 11.6 Å². The molecule has 0 atom stereocenters. The highest BCUT2D eigenvalue weighted by molar-refractivity contribution is 7.92. The van der Waals surface area contributed by atoms with Gasteiger partial charge >= 0.3 is 0 Å². The van der Waals surface area contributed by atoms with E-state index in [1.165, 1.54) is 7.11 Å². The first kappa shape index (κ1) is 23.4. The molecule has 1 heterocycles. The summed E-state index contributed by atoms with van der Waals surface area (Å²) in [5, 5.41) is 10.9. The molecule has 1 fully saturated rings. The lowest BCUT2D eigenvalue weighted by molar-refractivity contribution is 0.204. The molecular weight excluding hydrogens is 460 g/mol. The molecule has 1 aliphatic heterocycles. The molecule has 174 valence electrons. The van der Waals surface area contributed by atoms with Gasteiger partial charge in [-0.25, -0.2) is 8.42 Å². The number of hydrogen-bond acceptors (Lipinski definition) is 5. The minimum absolute atomic E-state index is 0.151. The summed E-state index contributed by atoms with van der Waals surface area (Å²) in [5.74, 6) is 0.602. The van der Waals surface area contributed by atoms with Crippen LogP contribution in [0.3, 0.4) is 0 Å². The number of ether oxygens (including phenoxy) is 1. The normalized spacial score (nSPS) is 15.3. The molecule has 0 aromatic heterocycles. The van der Waals surface area contributed by atoms with Crippen molar-refractivity contribution in [3.05, 3.63) is 83.4 Å². The van der Waals surface area contributed by atoms with Crippen LogP contribution in [0.25, 0.3) is 0 Å². The molecule has 4 rings (SSSR count). The molecule has 33 heavy (non-hydrogen) atoms. The number of aromatic hydroxyl groups is 1. The Hall–Kier alpha value is -2.74. The van der Waals surface area contributed by atoms with Crippen LogP contribution in [0.5, 0.6) is 11.5 Å². The second-order valence-electron chi connectivity index (χ2n) is 8.07. The maximum absolute atomic E-state index is 13.7. The summed E-state index contributed by atoms with van der Waals surface area (Å²) < 4.78 is 34.1. The molecule has 3 aromatic rings. The third-order valence-electron chi connectivity index (χ3n) is 5.97. The van der Waals surface area contributed by atoms with Crippen molar-refractivity contribution >= 4 is 27.3 Å². The van der Waals surface area contributed by atoms with E-state index in [1.807, 2.05) is 42.5 Å². The van der Waals surface area contributed by atoms with E-state index >= 15 is 0 Å². The quantitative estimate of drug-likeness (QED) is 0.513. The number of benzene rings is 3. The molecule has 0 aliphatic carbocycles. The van der Waals surface area contributed by atoms with Gasteiger partial charge in [0.2, 0.25) is 0 Å². The third kappa shape index (κ3) is 5.11. The van der Waals surface area contributed by atoms with Crippen molar-refractivity contribution in [3.63, 3.8) is 0 Å². The Morgan fingerprint density at radius 3 is 2.30 bits per heavy atom. The Morgan fingerprint density at radius 1 is 1.00 bits per heavy atom. The summed E-state index contributed by atoms with van der Waals surface area (Å²) in [6.07, 6.45) is 1.35. The van der Waals surface area contributed by atoms with Crippen molar-refractivity contribution in [3.8, 4) is 11.5 Å². The highest BCUT2D eigenvalue weighted by Gasteiger charge is 2.34. The van der Waals surface area contributed by atoms with Crippen LogP contribution in [0.4, 0.5) is 5.69 Å². The standard InChI is InChI=1S/C25H27ClN2O4S/c1-32-24-9-5-6-19(25(24)29)18-27-16-14-22(15-17-27)28(21-7-3-2-4-8-21)33(30,31)23-12-10-20(26)11-13-23/h2-13,22,29H,14-18H2,1H3. The van der Waals surface area contributed by atoms with E-state index in [9.17, 15) is 13.5 Å². The number of rotatable bonds is 7. The topological polar surface area (TPSA) is 70.1 Å². The molecule has 8 heteroatoms. The first-order valence-corrected chi connectivity index (χ1v) is 12.6. The molecule has 1 saturated heterocycles. The first-order valence-electron chi connectivity index (χ1n) is 10.8. The van der Waals surface area contributed by atoms with E-state index in [0.717, 1.165) is 5.56 Å². The van der Waals surface area contributed by atoms with E-state index in [0.29, 0.717) is 48.9 Å². The number of halogens is 1. The molecule has 1 N–H and O–H groups in total. The smallest absolute Gasteiger partial charge is 0.264 e. The molecule has 1 aliphatic rings. The number of hydrogen-bond donors (Lipinski definition) is 1. The number of para-hydroxylation sites is 2. The van der Waals surface area contributed by atoms with Gasteiger partial charge in [0.05, 0.1) is 17.7 Å². The van der Waals surface area contributed by atoms with Gasteiger partial charge in [-0.15, -0.1) is 0 Å². The lowest BCUT2D eigenvalue weighted by Crippen LogP contribution is -2.47. The van der Waals surface area contributed by atoms with Crippen LogP contribution < -0.4 is 9.04 Å². The Bertz CT molecular complexity index is 1180. The fourth-order valence-corrected chi connectivity index (χ4v) is 6.09. The van der Waals surface area contributed by atoms with E-state index in [-0.39, 0.29) is 16.7 Å². The number of sulfonamides is 1. The second-order valence-corrected chi connectivity index (χ2v) is 10.3. The average Bonchev–Trinajstić information content (AvgIpc) is 2.82. The molecule has 0 unspecified atom stereocenters. The van der Waals surface area contributed by atoms with Crippen molar-refractivity contribution in [1.29, 1.82) is 0 Å². The lowest BCUT2D eigenvalue weighted by atomic mass is 10.0. The van der Waals surface area contributed by atoms with E-state index < -0.39 is 10.0 Å². The van der Waals surface area contributed by atoms with Crippen LogP contribution in [0.2, 0.25) is 5.02 Å². The van der Waals surface area contributed by atoms with Crippen LogP contribution in [-0.4, -0.2) is 44.7 Å². The number of piperidine rings is 1. The Balaban J connectivity index is 1.55. The number of likely N-dealkylation sites (tertiary alicyclic amines) is 1. The molecule has 6 nitrogen and oxygen atoms in total. The van der Waals surface area contributed by atoms with Crippen molar-refractivity contribution in [1.82, 2.24) is 4.90 Å². The van der Waals surface area contributed by atoms with Gasteiger partial charge in [-0.3, -0.25) is 9.21 Å². The zero-order valence-electron chi connectivity index (χ0n) is 18.4. The molecule has 0 amide bonds. The first-order chi connectivity index (χ1) is 15.9. The van der Waals surface area contributed by atoms with E-state index in [2.05, 4.69) is 4.90 Å². The zero-order chi connectivity index (χ0) is 23.4. The SMILES string of the molecule is COc1cccc(CN2CCC(N(c3ccccc3)S(=O)(=O)c3ccc(Cl)cc3)CC2)c1O. The Labute approximate surface area is 200 Å². The van der Waals surface area contributed by atoms with Gasteiger partial charge in [-0.05, 0) is 55.3 Å². The summed E-state index contributed by atoms with van der Waals surface area (Å²) in [4.78, 5) is 2.45. The number of anilines is 1. The number of methoxy groups -OCH3 is 1. The van der Waals surface area contributed by atoms with Gasteiger partial charge in [0, 0.05) is 36.3 Å². The summed E-state index contributed by atoms with van der Waals surface area (Å²) in [6, 6.07) is 20.8. The van der Waals surface area contributed by atoms with Crippen LogP contribution in [0.15, 0.2) is 77.7 Å². The van der Waals surface area contributed by atoms with Crippen molar-refractivity contribution < 1.29 is 18.3 Å². The van der Waals surface area contributed by atoms with E-state index in [1.54, 1.807) is 34.6 Å². The highest BCUT2D eigenvalue weighted by Crippen LogP contribution is 2.33. The van der Waals surface area contributed by atoms with Crippen LogP contribution in [0, 0.1) is 0 Å². The van der Waals surface area contributed by atoms with Crippen molar-refractivity contribution in [2.24, 2.45) is 0 Å². The zero-order valence-corrected chi connectivity index (χ0v) is 20.0. The van der Waals surface area contributed by atoms with Gasteiger partial charge in [0.1, 0.15) is 0 Å². The van der Waals surface area contributed by atoms with Gasteiger partial charge < -0.3 is 9.84 Å². The predicted molar refractivity (Wildman–Crippen MR) is 131 cm³/mol. The Morgan fingerprint density at radius 2 is 1.67 bits per heavy atom. The lowest BCUT2D eigenvalue weighted by Gasteiger charge is -2.39. The summed E-state index contributed by atoms with van der Waals surface area (Å²) in [7, 11) is -2.23. The molecule has 0 bridgehead atoms. The Kier molecular flexibility index (Phi) is 7.12. The summed E-state index contributed by atoms with van der Waals surface area (Å²) in [5.41, 5.74) is 1.44. The maximum atomic E-state index is 13.7. The number of phenolic OH excluding ortho intramolecular Hbond substituents is 1. The monoisotopic (exact) mass is 486 g/mol. The molecule has 0 radical (unpaired) electrons. The maximum Gasteiger partial charge on any atom is 0.264 e. The predicted octanol–water partition coefficient (Wildman–Crippen LogP) is 4.91. The number of phenols is 1. The molecule has 0 spiro atoms. The van der Waals surface area contributed by atoms with E-state index in [4.69, 9.17) is 16.3 Å². The molecule has 3 aromatic carbocycles. The van der Waals surface area contributed by atoms with Gasteiger partial charge in [0.15, 0.2) is 11.5 Å². The van der Waals surface area contributed by atoms with Gasteiger partial charge in [0.25, 0.3) is 10.0 Å². The summed E-state index contributed by atoms with van der Waals surface area (Å²) in [6.45, 7) is 1.99. The molecular formula is C25H27ClN2O4S. The minimum atomic E-state index is -3.76. The average molecular weight is 487 g/mol. The fourth-order valence-electron chi connectivity index (χ4n) is 4.25. The van der Waals surface area contributed by atoms with Crippen molar-refractivity contribution in [2.45, 2.75) is 30.3 Å².